The average Bonchev–Trinajstić information content (AvgIpc) is 1.85. The molecular formula is C6H11NO2. The van der Waals surface area contributed by atoms with Gasteiger partial charge in [0.05, 0.1) is 0 Å². The highest BCUT2D eigenvalue weighted by Crippen LogP contribution is 2.05. The molecule has 0 spiro atoms. The van der Waals surface area contributed by atoms with Crippen LogP contribution in [-0.4, -0.2) is 0 Å². The summed E-state index contributed by atoms with van der Waals surface area (Å²) in [5, 5.41) is 2.24. The number of allylic oxidation sites excluding steroid dienone is 1. The summed E-state index contributed by atoms with van der Waals surface area (Å²) in [5.41, 5.74) is 0. The third kappa shape index (κ3) is 5.00. The molecule has 0 bridgehead atoms. The average molecular weight is 129 g/mol. The molecule has 0 aliphatic heterocycles. The molecule has 0 saturated heterocycles. The van der Waals surface area contributed by atoms with E-state index in [1.165, 1.54) is 0 Å². The number of hydrogen-bond donors (Lipinski definition) is 0. The lowest BCUT2D eigenvalue weighted by Gasteiger charge is -1.95. The van der Waals surface area contributed by atoms with Gasteiger partial charge in [-0.1, -0.05) is 19.9 Å². The van der Waals surface area contributed by atoms with E-state index in [-0.39, 0.29) is 0 Å². The van der Waals surface area contributed by atoms with E-state index in [9.17, 15) is 4.91 Å². The molecule has 0 fully saturated rings. The Morgan fingerprint density at radius 1 is 1.78 bits per heavy atom. The Morgan fingerprint density at radius 2 is 2.44 bits per heavy atom. The summed E-state index contributed by atoms with van der Waals surface area (Å²) < 4.78 is 0. The molecular weight excluding hydrogens is 118 g/mol. The Morgan fingerprint density at radius 3 is 2.89 bits per heavy atom. The standard InChI is InChI=1S/C6H11NO2/c1-3-4-5-6(2)9-7-8/h2-5H2,1H3. The number of rotatable bonds is 5. The highest BCUT2D eigenvalue weighted by molar-refractivity contribution is 4.80. The van der Waals surface area contributed by atoms with Gasteiger partial charge >= 0.3 is 0 Å². The molecule has 0 N–H and O–H groups in total. The molecule has 0 radical (unpaired) electrons. The summed E-state index contributed by atoms with van der Waals surface area (Å²) in [6.45, 7) is 5.52. The van der Waals surface area contributed by atoms with Gasteiger partial charge < -0.3 is 4.84 Å². The Labute approximate surface area is 54.6 Å². The summed E-state index contributed by atoms with van der Waals surface area (Å²) in [7, 11) is 0. The summed E-state index contributed by atoms with van der Waals surface area (Å²) in [6.07, 6.45) is 2.79. The van der Waals surface area contributed by atoms with Gasteiger partial charge in [0.2, 0.25) is 0 Å². The lowest BCUT2D eigenvalue weighted by atomic mass is 10.2. The van der Waals surface area contributed by atoms with Gasteiger partial charge in [-0.15, -0.1) is 4.91 Å². The molecule has 0 atom stereocenters. The zero-order valence-electron chi connectivity index (χ0n) is 5.59. The highest BCUT2D eigenvalue weighted by Gasteiger charge is 1.92. The van der Waals surface area contributed by atoms with Gasteiger partial charge in [-0.2, -0.15) is 0 Å². The van der Waals surface area contributed by atoms with Crippen LogP contribution in [0.3, 0.4) is 0 Å². The van der Waals surface area contributed by atoms with Crippen molar-refractivity contribution < 1.29 is 4.84 Å². The molecule has 0 aromatic carbocycles. The van der Waals surface area contributed by atoms with Crippen LogP contribution in [0.15, 0.2) is 17.7 Å². The topological polar surface area (TPSA) is 38.7 Å². The fourth-order valence-corrected chi connectivity index (χ4v) is 0.472. The molecule has 3 heteroatoms. The third-order valence-corrected chi connectivity index (χ3v) is 0.976. The SMILES string of the molecule is C=C(CCCC)ON=O. The van der Waals surface area contributed by atoms with Crippen LogP contribution in [0.4, 0.5) is 0 Å². The van der Waals surface area contributed by atoms with E-state index >= 15 is 0 Å². The van der Waals surface area contributed by atoms with E-state index in [0.29, 0.717) is 5.76 Å². The first kappa shape index (κ1) is 8.14. The van der Waals surface area contributed by atoms with E-state index in [0.717, 1.165) is 19.3 Å². The van der Waals surface area contributed by atoms with Crippen molar-refractivity contribution in [2.24, 2.45) is 5.34 Å². The zero-order valence-corrected chi connectivity index (χ0v) is 5.59. The van der Waals surface area contributed by atoms with Gasteiger partial charge in [-0.05, 0) is 6.42 Å². The van der Waals surface area contributed by atoms with Crippen LogP contribution in [0.25, 0.3) is 0 Å². The Bertz CT molecular complexity index is 101. The molecule has 3 nitrogen and oxygen atoms in total. The Kier molecular flexibility index (Phi) is 4.78. The normalized spacial score (nSPS) is 8.56. The monoisotopic (exact) mass is 129 g/mol. The fourth-order valence-electron chi connectivity index (χ4n) is 0.472. The van der Waals surface area contributed by atoms with Gasteiger partial charge in [0, 0.05) is 6.42 Å². The first-order valence-corrected chi connectivity index (χ1v) is 2.98. The van der Waals surface area contributed by atoms with E-state index in [1.54, 1.807) is 0 Å². The molecule has 0 amide bonds. The predicted octanol–water partition coefficient (Wildman–Crippen LogP) is 2.39. The van der Waals surface area contributed by atoms with Crippen LogP contribution in [0.2, 0.25) is 0 Å². The lowest BCUT2D eigenvalue weighted by molar-refractivity contribution is 0.211. The number of hydrogen-bond acceptors (Lipinski definition) is 3. The van der Waals surface area contributed by atoms with Crippen LogP contribution in [0.1, 0.15) is 26.2 Å². The fraction of sp³-hybridized carbons (Fsp3) is 0.667. The minimum Gasteiger partial charge on any atom is -0.329 e. The van der Waals surface area contributed by atoms with Crippen molar-refractivity contribution in [1.82, 2.24) is 0 Å². The Balaban J connectivity index is 3.16. The predicted molar refractivity (Wildman–Crippen MR) is 35.5 cm³/mol. The summed E-state index contributed by atoms with van der Waals surface area (Å²) in [5.74, 6) is 0.451. The quantitative estimate of drug-likeness (QED) is 0.325. The molecule has 0 unspecified atom stereocenters. The van der Waals surface area contributed by atoms with Crippen molar-refractivity contribution in [3.63, 3.8) is 0 Å². The maximum absolute atomic E-state index is 9.45. The molecule has 0 aromatic rings. The second-order valence-corrected chi connectivity index (χ2v) is 1.81. The highest BCUT2D eigenvalue weighted by atomic mass is 16.7. The molecule has 0 saturated carbocycles. The molecule has 0 rings (SSSR count). The van der Waals surface area contributed by atoms with Crippen LogP contribution in [0.5, 0.6) is 0 Å². The minimum atomic E-state index is 0.451. The van der Waals surface area contributed by atoms with Crippen molar-refractivity contribution >= 4 is 0 Å². The first-order chi connectivity index (χ1) is 4.31. The zero-order chi connectivity index (χ0) is 7.11. The number of unbranched alkanes of at least 4 members (excludes halogenated alkanes) is 1. The van der Waals surface area contributed by atoms with E-state index in [1.807, 2.05) is 0 Å². The number of nitrogens with zero attached hydrogens (tertiary/aromatic N) is 1. The van der Waals surface area contributed by atoms with Crippen molar-refractivity contribution in [3.05, 3.63) is 17.2 Å². The van der Waals surface area contributed by atoms with E-state index in [4.69, 9.17) is 0 Å². The molecule has 0 aliphatic carbocycles. The molecule has 9 heavy (non-hydrogen) atoms. The molecule has 52 valence electrons. The van der Waals surface area contributed by atoms with E-state index < -0.39 is 0 Å². The molecule has 0 aromatic heterocycles. The summed E-state index contributed by atoms with van der Waals surface area (Å²) in [6, 6.07) is 0. The largest absolute Gasteiger partial charge is 0.329 e. The minimum absolute atomic E-state index is 0.451. The second-order valence-electron chi connectivity index (χ2n) is 1.81. The second kappa shape index (κ2) is 5.28. The Hall–Kier alpha value is -0.860. The summed E-state index contributed by atoms with van der Waals surface area (Å²) in [4.78, 5) is 13.7. The van der Waals surface area contributed by atoms with Crippen LogP contribution in [-0.2, 0) is 4.84 Å². The molecule has 0 aliphatic rings. The van der Waals surface area contributed by atoms with Crippen molar-refractivity contribution in [3.8, 4) is 0 Å². The summed E-state index contributed by atoms with van der Waals surface area (Å²) >= 11 is 0. The van der Waals surface area contributed by atoms with Gasteiger partial charge in [0.1, 0.15) is 5.76 Å². The van der Waals surface area contributed by atoms with Crippen LogP contribution < -0.4 is 0 Å². The van der Waals surface area contributed by atoms with Crippen molar-refractivity contribution in [2.45, 2.75) is 26.2 Å². The van der Waals surface area contributed by atoms with Gasteiger partial charge in [-0.25, -0.2) is 0 Å². The third-order valence-electron chi connectivity index (χ3n) is 0.976. The maximum Gasteiger partial charge on any atom is 0.160 e. The maximum atomic E-state index is 9.45. The van der Waals surface area contributed by atoms with Crippen LogP contribution >= 0.6 is 0 Å². The van der Waals surface area contributed by atoms with Gasteiger partial charge in [-0.3, -0.25) is 0 Å². The van der Waals surface area contributed by atoms with Crippen molar-refractivity contribution in [2.75, 3.05) is 0 Å². The first-order valence-electron chi connectivity index (χ1n) is 2.98. The lowest BCUT2D eigenvalue weighted by Crippen LogP contribution is -1.81. The van der Waals surface area contributed by atoms with E-state index in [2.05, 4.69) is 23.7 Å². The van der Waals surface area contributed by atoms with Crippen LogP contribution in [0, 0.1) is 4.91 Å². The van der Waals surface area contributed by atoms with Gasteiger partial charge in [0.25, 0.3) is 0 Å². The van der Waals surface area contributed by atoms with Gasteiger partial charge in [0.15, 0.2) is 5.34 Å². The smallest absolute Gasteiger partial charge is 0.160 e. The molecule has 0 heterocycles. The van der Waals surface area contributed by atoms with Crippen molar-refractivity contribution in [1.29, 1.82) is 0 Å².